The van der Waals surface area contributed by atoms with E-state index in [1.165, 1.54) is 5.56 Å². The molecule has 2 aromatic rings. The van der Waals surface area contributed by atoms with Gasteiger partial charge >= 0.3 is 0 Å². The highest BCUT2D eigenvalue weighted by atomic mass is 16.2. The molecule has 0 spiro atoms. The first-order chi connectivity index (χ1) is 12.9. The molecule has 3 rings (SSSR count). The van der Waals surface area contributed by atoms with Crippen LogP contribution in [0.2, 0.25) is 0 Å². The molecule has 1 fully saturated rings. The van der Waals surface area contributed by atoms with Crippen LogP contribution in [0.1, 0.15) is 29.8 Å². The van der Waals surface area contributed by atoms with Crippen molar-refractivity contribution < 1.29 is 4.79 Å². The van der Waals surface area contributed by atoms with Crippen molar-refractivity contribution in [2.24, 2.45) is 0 Å². The molecule has 1 amide bonds. The van der Waals surface area contributed by atoms with Gasteiger partial charge < -0.3 is 9.80 Å². The molecule has 1 aromatic carbocycles. The standard InChI is InChI=1S/C22H30N4O/c1-16(2)25-9-11-26(12-10-25)21-13-17(3)20(15-23-21)18-7-6-8-19(14-18)22(27)24(4)5/h6-8,13-16H,9-12H2,1-5H3. The Bertz CT molecular complexity index is 808. The highest BCUT2D eigenvalue weighted by Gasteiger charge is 2.20. The van der Waals surface area contributed by atoms with Gasteiger partial charge in [-0.25, -0.2) is 4.98 Å². The van der Waals surface area contributed by atoms with Gasteiger partial charge in [-0.3, -0.25) is 9.69 Å². The predicted octanol–water partition coefficient (Wildman–Crippen LogP) is 3.29. The van der Waals surface area contributed by atoms with Gasteiger partial charge in [-0.15, -0.1) is 0 Å². The van der Waals surface area contributed by atoms with Crippen LogP contribution in [-0.2, 0) is 0 Å². The van der Waals surface area contributed by atoms with Gasteiger partial charge in [-0.05, 0) is 50.1 Å². The number of benzene rings is 1. The van der Waals surface area contributed by atoms with Gasteiger partial charge in [0.15, 0.2) is 0 Å². The molecule has 144 valence electrons. The van der Waals surface area contributed by atoms with Crippen molar-refractivity contribution in [2.75, 3.05) is 45.2 Å². The Kier molecular flexibility index (Phi) is 5.80. The fourth-order valence-electron chi connectivity index (χ4n) is 3.56. The summed E-state index contributed by atoms with van der Waals surface area (Å²) in [4.78, 5) is 23.4. The van der Waals surface area contributed by atoms with Crippen LogP contribution in [0.25, 0.3) is 11.1 Å². The summed E-state index contributed by atoms with van der Waals surface area (Å²) in [5, 5.41) is 0. The summed E-state index contributed by atoms with van der Waals surface area (Å²) in [6.07, 6.45) is 1.94. The molecule has 5 heteroatoms. The van der Waals surface area contributed by atoms with E-state index in [-0.39, 0.29) is 5.91 Å². The number of rotatable bonds is 4. The average molecular weight is 367 g/mol. The molecule has 1 aromatic heterocycles. The molecule has 0 radical (unpaired) electrons. The molecule has 5 nitrogen and oxygen atoms in total. The number of carbonyl (C=O) groups is 1. The third kappa shape index (κ3) is 4.30. The minimum atomic E-state index is 0.0158. The quantitative estimate of drug-likeness (QED) is 0.832. The lowest BCUT2D eigenvalue weighted by Crippen LogP contribution is -2.49. The van der Waals surface area contributed by atoms with E-state index in [2.05, 4.69) is 36.6 Å². The van der Waals surface area contributed by atoms with Gasteiger partial charge in [0, 0.05) is 63.6 Å². The number of hydrogen-bond acceptors (Lipinski definition) is 4. The van der Waals surface area contributed by atoms with Gasteiger partial charge in [0.05, 0.1) is 0 Å². The van der Waals surface area contributed by atoms with E-state index in [4.69, 9.17) is 4.98 Å². The maximum absolute atomic E-state index is 12.2. The van der Waals surface area contributed by atoms with E-state index in [1.807, 2.05) is 30.5 Å². The zero-order valence-electron chi connectivity index (χ0n) is 17.1. The first kappa shape index (κ1) is 19.4. The minimum Gasteiger partial charge on any atom is -0.354 e. The summed E-state index contributed by atoms with van der Waals surface area (Å²) in [6, 6.07) is 10.6. The second-order valence-corrected chi connectivity index (χ2v) is 7.75. The van der Waals surface area contributed by atoms with E-state index in [0.29, 0.717) is 11.6 Å². The van der Waals surface area contributed by atoms with E-state index in [1.54, 1.807) is 19.0 Å². The molecular weight excluding hydrogens is 336 g/mol. The molecule has 0 atom stereocenters. The van der Waals surface area contributed by atoms with Crippen molar-refractivity contribution in [3.63, 3.8) is 0 Å². The fraction of sp³-hybridized carbons (Fsp3) is 0.455. The minimum absolute atomic E-state index is 0.0158. The number of carbonyl (C=O) groups excluding carboxylic acids is 1. The third-order valence-corrected chi connectivity index (χ3v) is 5.29. The van der Waals surface area contributed by atoms with E-state index >= 15 is 0 Å². The lowest BCUT2D eigenvalue weighted by molar-refractivity contribution is 0.0827. The molecule has 0 unspecified atom stereocenters. The van der Waals surface area contributed by atoms with Gasteiger partial charge in [0.1, 0.15) is 5.82 Å². The largest absolute Gasteiger partial charge is 0.354 e. The molecule has 0 bridgehead atoms. The van der Waals surface area contributed by atoms with E-state index < -0.39 is 0 Å². The molecule has 1 saturated heterocycles. The first-order valence-corrected chi connectivity index (χ1v) is 9.64. The summed E-state index contributed by atoms with van der Waals surface area (Å²) < 4.78 is 0. The summed E-state index contributed by atoms with van der Waals surface area (Å²) in [5.41, 5.74) is 3.99. The Labute approximate surface area is 162 Å². The molecule has 0 saturated carbocycles. The Balaban J connectivity index is 1.80. The smallest absolute Gasteiger partial charge is 0.253 e. The molecule has 2 heterocycles. The Morgan fingerprint density at radius 1 is 1.11 bits per heavy atom. The molecule has 27 heavy (non-hydrogen) atoms. The van der Waals surface area contributed by atoms with Crippen LogP contribution >= 0.6 is 0 Å². The van der Waals surface area contributed by atoms with Crippen LogP contribution in [0, 0.1) is 6.92 Å². The molecule has 0 N–H and O–H groups in total. The van der Waals surface area contributed by atoms with Gasteiger partial charge in [0.2, 0.25) is 0 Å². The third-order valence-electron chi connectivity index (χ3n) is 5.29. The van der Waals surface area contributed by atoms with Gasteiger partial charge in [0.25, 0.3) is 5.91 Å². The number of piperazine rings is 1. The Morgan fingerprint density at radius 3 is 2.41 bits per heavy atom. The predicted molar refractivity (Wildman–Crippen MR) is 111 cm³/mol. The number of hydrogen-bond donors (Lipinski definition) is 0. The number of nitrogens with zero attached hydrogens (tertiary/aromatic N) is 4. The Hall–Kier alpha value is -2.40. The van der Waals surface area contributed by atoms with Crippen molar-refractivity contribution in [1.29, 1.82) is 0 Å². The summed E-state index contributed by atoms with van der Waals surface area (Å²) >= 11 is 0. The number of anilines is 1. The Morgan fingerprint density at radius 2 is 1.81 bits per heavy atom. The summed E-state index contributed by atoms with van der Waals surface area (Å²) in [6.45, 7) is 10.8. The molecule has 0 aliphatic carbocycles. The van der Waals surface area contributed by atoms with Crippen LogP contribution in [0.15, 0.2) is 36.5 Å². The molecule has 1 aliphatic heterocycles. The van der Waals surface area contributed by atoms with Crippen LogP contribution in [0.5, 0.6) is 0 Å². The monoisotopic (exact) mass is 366 g/mol. The fourth-order valence-corrected chi connectivity index (χ4v) is 3.56. The zero-order chi connectivity index (χ0) is 19.6. The topological polar surface area (TPSA) is 39.7 Å². The summed E-state index contributed by atoms with van der Waals surface area (Å²) in [5.74, 6) is 1.06. The molecular formula is C22H30N4O. The highest BCUT2D eigenvalue weighted by molar-refractivity contribution is 5.95. The number of amides is 1. The summed E-state index contributed by atoms with van der Waals surface area (Å²) in [7, 11) is 3.55. The van der Waals surface area contributed by atoms with Crippen molar-refractivity contribution in [3.05, 3.63) is 47.7 Å². The normalized spacial score (nSPS) is 15.3. The number of pyridine rings is 1. The SMILES string of the molecule is Cc1cc(N2CCN(C(C)C)CC2)ncc1-c1cccc(C(=O)N(C)C)c1. The zero-order valence-corrected chi connectivity index (χ0v) is 17.1. The number of aromatic nitrogens is 1. The maximum Gasteiger partial charge on any atom is 0.253 e. The van der Waals surface area contributed by atoms with Crippen molar-refractivity contribution in [2.45, 2.75) is 26.8 Å². The van der Waals surface area contributed by atoms with E-state index in [0.717, 1.165) is 43.1 Å². The van der Waals surface area contributed by atoms with Crippen LogP contribution in [0.3, 0.4) is 0 Å². The number of aryl methyl sites for hydroxylation is 1. The van der Waals surface area contributed by atoms with Crippen LogP contribution in [-0.4, -0.2) is 67.0 Å². The van der Waals surface area contributed by atoms with E-state index in [9.17, 15) is 4.79 Å². The lowest BCUT2D eigenvalue weighted by atomic mass is 10.0. The second-order valence-electron chi connectivity index (χ2n) is 7.75. The van der Waals surface area contributed by atoms with Crippen LogP contribution < -0.4 is 4.90 Å². The van der Waals surface area contributed by atoms with Gasteiger partial charge in [-0.1, -0.05) is 12.1 Å². The van der Waals surface area contributed by atoms with Crippen LogP contribution in [0.4, 0.5) is 5.82 Å². The lowest BCUT2D eigenvalue weighted by Gasteiger charge is -2.37. The van der Waals surface area contributed by atoms with Gasteiger partial charge in [-0.2, -0.15) is 0 Å². The van der Waals surface area contributed by atoms with Crippen molar-refractivity contribution in [3.8, 4) is 11.1 Å². The van der Waals surface area contributed by atoms with Crippen molar-refractivity contribution in [1.82, 2.24) is 14.8 Å². The second kappa shape index (κ2) is 8.09. The first-order valence-electron chi connectivity index (χ1n) is 9.64. The molecule has 1 aliphatic rings. The average Bonchev–Trinajstić information content (AvgIpc) is 2.67. The van der Waals surface area contributed by atoms with Crippen molar-refractivity contribution >= 4 is 11.7 Å². The maximum atomic E-state index is 12.2. The highest BCUT2D eigenvalue weighted by Crippen LogP contribution is 2.27.